The molecule has 1 saturated heterocycles. The van der Waals surface area contributed by atoms with Gasteiger partial charge in [0.25, 0.3) is 5.91 Å². The maximum atomic E-state index is 13.9. The highest BCUT2D eigenvalue weighted by Gasteiger charge is 2.32. The third-order valence-corrected chi connectivity index (χ3v) is 5.40. The summed E-state index contributed by atoms with van der Waals surface area (Å²) in [6, 6.07) is 3.41. The van der Waals surface area contributed by atoms with Gasteiger partial charge in [0.05, 0.1) is 24.2 Å². The van der Waals surface area contributed by atoms with Gasteiger partial charge in [0.2, 0.25) is 5.78 Å². The summed E-state index contributed by atoms with van der Waals surface area (Å²) in [5, 5.41) is 0.0836. The molecule has 0 N–H and O–H groups in total. The zero-order valence-electron chi connectivity index (χ0n) is 15.2. The molecule has 0 aliphatic carbocycles. The normalized spacial score (nSPS) is 16.5. The van der Waals surface area contributed by atoms with Gasteiger partial charge in [-0.3, -0.25) is 14.6 Å². The lowest BCUT2D eigenvalue weighted by Crippen LogP contribution is -2.48. The number of pyridine rings is 2. The van der Waals surface area contributed by atoms with Crippen LogP contribution in [0.25, 0.3) is 10.6 Å². The molecule has 3 aromatic rings. The monoisotopic (exact) mass is 434 g/mol. The van der Waals surface area contributed by atoms with Crippen molar-refractivity contribution in [2.45, 2.75) is 6.10 Å². The molecule has 30 heavy (non-hydrogen) atoms. The van der Waals surface area contributed by atoms with Crippen LogP contribution in [0.2, 0.25) is 0 Å². The largest absolute Gasteiger partial charge is 0.366 e. The Bertz CT molecular complexity index is 1120. The van der Waals surface area contributed by atoms with Crippen molar-refractivity contribution in [1.82, 2.24) is 19.9 Å². The van der Waals surface area contributed by atoms with E-state index in [-0.39, 0.29) is 36.1 Å². The molecule has 0 spiro atoms. The molecule has 0 bridgehead atoms. The number of thiazole rings is 1. The summed E-state index contributed by atoms with van der Waals surface area (Å²) < 4.78 is 45.8. The molecule has 1 aliphatic heterocycles. The fraction of sp³-hybridized carbons (Fsp3) is 0.211. The van der Waals surface area contributed by atoms with Crippen LogP contribution in [0.4, 0.5) is 13.2 Å². The topological polar surface area (TPSA) is 85.3 Å². The van der Waals surface area contributed by atoms with Gasteiger partial charge in [-0.1, -0.05) is 0 Å². The molecule has 1 atom stereocenters. The summed E-state index contributed by atoms with van der Waals surface area (Å²) in [6.07, 6.45) is 2.40. The van der Waals surface area contributed by atoms with Gasteiger partial charge in [0, 0.05) is 25.0 Å². The molecule has 0 saturated carbocycles. The first-order chi connectivity index (χ1) is 14.4. The smallest absolute Gasteiger partial charge is 0.272 e. The van der Waals surface area contributed by atoms with Gasteiger partial charge in [-0.25, -0.2) is 23.1 Å². The Morgan fingerprint density at radius 3 is 2.70 bits per heavy atom. The molecule has 1 fully saturated rings. The minimum absolute atomic E-state index is 0.0684. The van der Waals surface area contributed by atoms with E-state index in [9.17, 15) is 22.8 Å². The SMILES string of the molecule is O=C(c1ncc(-c2ncccc2F)s1)[C@H]1CN(C(=O)c2cc(F)c(F)cn2)CCO1. The first-order valence-electron chi connectivity index (χ1n) is 8.77. The second kappa shape index (κ2) is 8.28. The number of aromatic nitrogens is 3. The van der Waals surface area contributed by atoms with Gasteiger partial charge in [-0.15, -0.1) is 11.3 Å². The van der Waals surface area contributed by atoms with Crippen molar-refractivity contribution in [3.63, 3.8) is 0 Å². The molecular weight excluding hydrogens is 421 g/mol. The van der Waals surface area contributed by atoms with Crippen LogP contribution < -0.4 is 0 Å². The predicted octanol–water partition coefficient (Wildman–Crippen LogP) is 2.74. The predicted molar refractivity (Wildman–Crippen MR) is 99.4 cm³/mol. The van der Waals surface area contributed by atoms with Gasteiger partial charge in [0.15, 0.2) is 16.6 Å². The molecule has 1 amide bonds. The van der Waals surface area contributed by atoms with Crippen LogP contribution in [-0.4, -0.2) is 57.3 Å². The van der Waals surface area contributed by atoms with Crippen LogP contribution in [0.5, 0.6) is 0 Å². The van der Waals surface area contributed by atoms with Crippen LogP contribution in [-0.2, 0) is 4.74 Å². The van der Waals surface area contributed by atoms with Gasteiger partial charge in [0.1, 0.15) is 23.3 Å². The molecule has 0 aromatic carbocycles. The van der Waals surface area contributed by atoms with E-state index < -0.39 is 35.2 Å². The molecule has 11 heteroatoms. The summed E-state index contributed by atoms with van der Waals surface area (Å²) in [5.74, 6) is -4.01. The Morgan fingerprint density at radius 1 is 1.10 bits per heavy atom. The quantitative estimate of drug-likeness (QED) is 0.587. The summed E-state index contributed by atoms with van der Waals surface area (Å²) >= 11 is 0.961. The number of hydrogen-bond acceptors (Lipinski definition) is 7. The van der Waals surface area contributed by atoms with E-state index in [1.165, 1.54) is 29.4 Å². The molecule has 0 unspecified atom stereocenters. The number of ether oxygens (including phenoxy) is 1. The number of hydrogen-bond donors (Lipinski definition) is 0. The number of Topliss-reactive ketones (excluding diaryl/α,β-unsaturated/α-hetero) is 1. The first-order valence-corrected chi connectivity index (χ1v) is 9.58. The molecule has 4 rings (SSSR count). The molecule has 3 aromatic heterocycles. The summed E-state index contributed by atoms with van der Waals surface area (Å²) in [4.78, 5) is 38.6. The Kier molecular flexibility index (Phi) is 5.55. The third kappa shape index (κ3) is 3.94. The molecule has 1 aliphatic rings. The average Bonchev–Trinajstić information content (AvgIpc) is 3.25. The Balaban J connectivity index is 1.49. The van der Waals surface area contributed by atoms with Crippen molar-refractivity contribution in [3.8, 4) is 10.6 Å². The van der Waals surface area contributed by atoms with Crippen molar-refractivity contribution >= 4 is 23.0 Å². The second-order valence-electron chi connectivity index (χ2n) is 6.32. The van der Waals surface area contributed by atoms with E-state index in [0.29, 0.717) is 17.1 Å². The number of amides is 1. The number of carbonyl (C=O) groups excluding carboxylic acids is 2. The number of ketones is 1. The molecule has 154 valence electrons. The standard InChI is InChI=1S/C19H13F3N4O3S/c20-10-2-1-3-23-16(10)15-8-25-18(30-15)17(27)14-9-26(4-5-29-14)19(28)13-6-11(21)12(22)7-24-13/h1-3,6-8,14H,4-5,9H2/t14-/m1/s1. The van der Waals surface area contributed by atoms with Crippen molar-refractivity contribution in [1.29, 1.82) is 0 Å². The molecule has 0 radical (unpaired) electrons. The summed E-state index contributed by atoms with van der Waals surface area (Å²) in [7, 11) is 0. The molecule has 7 nitrogen and oxygen atoms in total. The maximum absolute atomic E-state index is 13.9. The lowest BCUT2D eigenvalue weighted by Gasteiger charge is -2.31. The van der Waals surface area contributed by atoms with Crippen LogP contribution in [0, 0.1) is 17.5 Å². The minimum Gasteiger partial charge on any atom is -0.366 e. The van der Waals surface area contributed by atoms with Crippen molar-refractivity contribution in [2.75, 3.05) is 19.7 Å². The number of nitrogens with zero attached hydrogens (tertiary/aromatic N) is 4. The van der Waals surface area contributed by atoms with E-state index in [1.54, 1.807) is 0 Å². The van der Waals surface area contributed by atoms with Crippen molar-refractivity contribution in [2.24, 2.45) is 0 Å². The van der Waals surface area contributed by atoms with Crippen LogP contribution in [0.1, 0.15) is 20.3 Å². The third-order valence-electron chi connectivity index (χ3n) is 4.38. The summed E-state index contributed by atoms with van der Waals surface area (Å²) in [6.45, 7) is 0.121. The lowest BCUT2D eigenvalue weighted by atomic mass is 10.2. The van der Waals surface area contributed by atoms with Crippen molar-refractivity contribution < 1.29 is 27.5 Å². The number of carbonyl (C=O) groups is 2. The van der Waals surface area contributed by atoms with E-state index in [0.717, 1.165) is 11.3 Å². The van der Waals surface area contributed by atoms with E-state index >= 15 is 0 Å². The highest BCUT2D eigenvalue weighted by atomic mass is 32.1. The minimum atomic E-state index is -1.19. The zero-order valence-corrected chi connectivity index (χ0v) is 16.0. The van der Waals surface area contributed by atoms with E-state index in [2.05, 4.69) is 15.0 Å². The summed E-state index contributed by atoms with van der Waals surface area (Å²) in [5.41, 5.74) is -0.191. The molecular formula is C19H13F3N4O3S. The van der Waals surface area contributed by atoms with Crippen LogP contribution >= 0.6 is 11.3 Å². The second-order valence-corrected chi connectivity index (χ2v) is 7.35. The number of rotatable bonds is 4. The fourth-order valence-corrected chi connectivity index (χ4v) is 3.79. The Labute approximate surface area is 172 Å². The number of halogens is 3. The Hall–Kier alpha value is -3.18. The van der Waals surface area contributed by atoms with Gasteiger partial charge in [-0.2, -0.15) is 0 Å². The fourth-order valence-electron chi connectivity index (χ4n) is 2.89. The lowest BCUT2D eigenvalue weighted by molar-refractivity contribution is -0.0117. The van der Waals surface area contributed by atoms with Gasteiger partial charge >= 0.3 is 0 Å². The average molecular weight is 434 g/mol. The van der Waals surface area contributed by atoms with Crippen molar-refractivity contribution in [3.05, 3.63) is 64.9 Å². The van der Waals surface area contributed by atoms with E-state index in [1.807, 2.05) is 0 Å². The Morgan fingerprint density at radius 2 is 1.93 bits per heavy atom. The van der Waals surface area contributed by atoms with Crippen LogP contribution in [0.3, 0.4) is 0 Å². The highest BCUT2D eigenvalue weighted by molar-refractivity contribution is 7.17. The zero-order chi connectivity index (χ0) is 21.3. The number of morpholine rings is 1. The van der Waals surface area contributed by atoms with Crippen LogP contribution in [0.15, 0.2) is 36.8 Å². The van der Waals surface area contributed by atoms with E-state index in [4.69, 9.17) is 4.74 Å². The molecule has 4 heterocycles. The van der Waals surface area contributed by atoms with Gasteiger partial charge in [-0.05, 0) is 12.1 Å². The highest BCUT2D eigenvalue weighted by Crippen LogP contribution is 2.27. The maximum Gasteiger partial charge on any atom is 0.272 e. The first kappa shape index (κ1) is 20.1. The van der Waals surface area contributed by atoms with Gasteiger partial charge < -0.3 is 9.64 Å².